The number of nitrogens with zero attached hydrogens (tertiary/aromatic N) is 4. The van der Waals surface area contributed by atoms with Gasteiger partial charge in [0.25, 0.3) is 5.88 Å². The van der Waals surface area contributed by atoms with Gasteiger partial charge in [-0.3, -0.25) is 4.98 Å². The summed E-state index contributed by atoms with van der Waals surface area (Å²) in [4.78, 5) is 18.3. The molecule has 0 atom stereocenters. The number of ether oxygens (including phenoxy) is 3. The lowest BCUT2D eigenvalue weighted by Crippen LogP contribution is -2.16. The van der Waals surface area contributed by atoms with Gasteiger partial charge < -0.3 is 18.9 Å². The summed E-state index contributed by atoms with van der Waals surface area (Å²) in [7, 11) is 1.61. The summed E-state index contributed by atoms with van der Waals surface area (Å²) in [5.74, 6) is 3.39. The molecule has 3 aromatic heterocycles. The van der Waals surface area contributed by atoms with Crippen LogP contribution in [0.2, 0.25) is 0 Å². The van der Waals surface area contributed by atoms with E-state index in [0.29, 0.717) is 47.3 Å². The summed E-state index contributed by atoms with van der Waals surface area (Å²) >= 11 is 1.35. The Morgan fingerprint density at radius 1 is 0.947 bits per heavy atom. The SMILES string of the molecule is COc1ccccc1Oc1c(NSc2ccc(C)cn2)nc(-c2ccncc2)nc1OCC1CCCCC1. The van der Waals surface area contributed by atoms with Crippen molar-refractivity contribution in [1.29, 1.82) is 0 Å². The molecule has 0 aliphatic heterocycles. The van der Waals surface area contributed by atoms with Crippen molar-refractivity contribution in [1.82, 2.24) is 19.9 Å². The number of benzene rings is 1. The molecule has 0 bridgehead atoms. The number of methoxy groups -OCH3 is 1. The van der Waals surface area contributed by atoms with E-state index < -0.39 is 0 Å². The van der Waals surface area contributed by atoms with Crippen molar-refractivity contribution < 1.29 is 14.2 Å². The minimum atomic E-state index is 0.378. The first-order valence-corrected chi connectivity index (χ1v) is 13.6. The van der Waals surface area contributed by atoms with Crippen LogP contribution in [-0.4, -0.2) is 33.7 Å². The molecule has 0 saturated heterocycles. The Morgan fingerprint density at radius 2 is 1.74 bits per heavy atom. The Hall–Kier alpha value is -3.85. The Morgan fingerprint density at radius 3 is 2.47 bits per heavy atom. The van der Waals surface area contributed by atoms with Crippen molar-refractivity contribution in [2.45, 2.75) is 44.1 Å². The summed E-state index contributed by atoms with van der Waals surface area (Å²) in [5, 5.41) is 0.799. The number of hydrogen-bond donors (Lipinski definition) is 1. The maximum atomic E-state index is 6.42. The van der Waals surface area contributed by atoms with Crippen LogP contribution in [0.5, 0.6) is 23.1 Å². The third kappa shape index (κ3) is 6.52. The maximum absolute atomic E-state index is 6.42. The van der Waals surface area contributed by atoms with Gasteiger partial charge in [-0.25, -0.2) is 9.97 Å². The number of hydrogen-bond acceptors (Lipinski definition) is 9. The smallest absolute Gasteiger partial charge is 0.263 e. The van der Waals surface area contributed by atoms with E-state index in [-0.39, 0.29) is 0 Å². The van der Waals surface area contributed by atoms with Crippen molar-refractivity contribution in [3.05, 3.63) is 72.7 Å². The first kappa shape index (κ1) is 25.8. The molecule has 0 unspecified atom stereocenters. The van der Waals surface area contributed by atoms with Crippen molar-refractivity contribution >= 4 is 17.8 Å². The van der Waals surface area contributed by atoms with Crippen LogP contribution < -0.4 is 18.9 Å². The van der Waals surface area contributed by atoms with Crippen LogP contribution in [0.1, 0.15) is 37.7 Å². The van der Waals surface area contributed by atoms with Gasteiger partial charge in [-0.2, -0.15) is 4.98 Å². The largest absolute Gasteiger partial charge is 0.493 e. The Kier molecular flexibility index (Phi) is 8.55. The standard InChI is InChI=1S/C29H31N5O3S/c1-20-12-13-25(31-18-20)38-34-28-26(37-24-11-7-6-10-23(24)35-2)29(36-19-21-8-4-3-5-9-21)33-27(32-28)22-14-16-30-17-15-22/h6-7,10-18,21H,3-5,8-9,19H2,1-2H3,(H,32,33,34). The molecule has 8 nitrogen and oxygen atoms in total. The minimum absolute atomic E-state index is 0.378. The van der Waals surface area contributed by atoms with Crippen molar-refractivity contribution in [2.24, 2.45) is 5.92 Å². The van der Waals surface area contributed by atoms with Gasteiger partial charge in [0.15, 0.2) is 23.1 Å². The van der Waals surface area contributed by atoms with E-state index in [4.69, 9.17) is 24.2 Å². The molecule has 4 aromatic rings. The van der Waals surface area contributed by atoms with E-state index in [2.05, 4.69) is 14.7 Å². The van der Waals surface area contributed by atoms with Gasteiger partial charge in [0.1, 0.15) is 5.03 Å². The highest BCUT2D eigenvalue weighted by Gasteiger charge is 2.23. The molecule has 38 heavy (non-hydrogen) atoms. The molecule has 1 aromatic carbocycles. The fourth-order valence-corrected chi connectivity index (χ4v) is 4.88. The quantitative estimate of drug-likeness (QED) is 0.216. The molecular weight excluding hydrogens is 498 g/mol. The molecule has 1 saturated carbocycles. The molecule has 1 fully saturated rings. The van der Waals surface area contributed by atoms with E-state index in [1.54, 1.807) is 19.5 Å². The Balaban J connectivity index is 1.54. The van der Waals surface area contributed by atoms with Crippen LogP contribution >= 0.6 is 11.9 Å². The van der Waals surface area contributed by atoms with Crippen LogP contribution in [0.3, 0.4) is 0 Å². The Bertz CT molecular complexity index is 1330. The topological polar surface area (TPSA) is 91.3 Å². The normalized spacial score (nSPS) is 13.6. The van der Waals surface area contributed by atoms with Crippen molar-refractivity contribution in [3.63, 3.8) is 0 Å². The predicted molar refractivity (Wildman–Crippen MR) is 149 cm³/mol. The number of aryl methyl sites for hydroxylation is 1. The number of anilines is 1. The van der Waals surface area contributed by atoms with Crippen LogP contribution in [0.25, 0.3) is 11.4 Å². The van der Waals surface area contributed by atoms with Crippen LogP contribution in [0.4, 0.5) is 5.82 Å². The zero-order valence-electron chi connectivity index (χ0n) is 21.6. The average molecular weight is 530 g/mol. The van der Waals surface area contributed by atoms with E-state index in [9.17, 15) is 0 Å². The molecule has 9 heteroatoms. The third-order valence-corrected chi connectivity index (χ3v) is 7.12. The highest BCUT2D eigenvalue weighted by molar-refractivity contribution is 8.00. The zero-order valence-corrected chi connectivity index (χ0v) is 22.4. The van der Waals surface area contributed by atoms with E-state index in [1.807, 2.05) is 61.7 Å². The lowest BCUT2D eigenvalue weighted by molar-refractivity contribution is 0.197. The summed E-state index contributed by atoms with van der Waals surface area (Å²) in [5.41, 5.74) is 1.92. The lowest BCUT2D eigenvalue weighted by atomic mass is 9.90. The van der Waals surface area contributed by atoms with Gasteiger partial charge in [-0.05, 0) is 61.6 Å². The van der Waals surface area contributed by atoms with Gasteiger partial charge in [-0.15, -0.1) is 0 Å². The van der Waals surface area contributed by atoms with Crippen LogP contribution in [0, 0.1) is 12.8 Å². The summed E-state index contributed by atoms with van der Waals surface area (Å²) in [6, 6.07) is 15.2. The first-order chi connectivity index (χ1) is 18.7. The molecule has 1 aliphatic carbocycles. The molecule has 3 heterocycles. The van der Waals surface area contributed by atoms with Crippen LogP contribution in [-0.2, 0) is 0 Å². The van der Waals surface area contributed by atoms with Gasteiger partial charge in [0, 0.05) is 36.1 Å². The average Bonchev–Trinajstić information content (AvgIpc) is 2.98. The molecular formula is C29H31N5O3S. The molecule has 0 radical (unpaired) electrons. The molecule has 0 spiro atoms. The van der Waals surface area contributed by atoms with Gasteiger partial charge >= 0.3 is 0 Å². The molecule has 5 rings (SSSR count). The predicted octanol–water partition coefficient (Wildman–Crippen LogP) is 7.12. The monoisotopic (exact) mass is 529 g/mol. The van der Waals surface area contributed by atoms with Crippen LogP contribution in [0.15, 0.2) is 72.1 Å². The fraction of sp³-hybridized carbons (Fsp3) is 0.310. The lowest BCUT2D eigenvalue weighted by Gasteiger charge is -2.23. The highest BCUT2D eigenvalue weighted by Crippen LogP contribution is 2.42. The molecule has 1 aliphatic rings. The van der Waals surface area contributed by atoms with E-state index in [1.165, 1.54) is 31.2 Å². The second-order valence-electron chi connectivity index (χ2n) is 9.21. The zero-order chi connectivity index (χ0) is 26.2. The Labute approximate surface area is 227 Å². The summed E-state index contributed by atoms with van der Waals surface area (Å²) in [6.45, 7) is 2.58. The van der Waals surface area contributed by atoms with E-state index in [0.717, 1.165) is 29.0 Å². The summed E-state index contributed by atoms with van der Waals surface area (Å²) in [6.07, 6.45) is 11.3. The molecule has 1 N–H and O–H groups in total. The second kappa shape index (κ2) is 12.6. The molecule has 196 valence electrons. The van der Waals surface area contributed by atoms with Gasteiger partial charge in [-0.1, -0.05) is 37.5 Å². The van der Waals surface area contributed by atoms with Crippen molar-refractivity contribution in [2.75, 3.05) is 18.4 Å². The minimum Gasteiger partial charge on any atom is -0.493 e. The van der Waals surface area contributed by atoms with Gasteiger partial charge in [0.2, 0.25) is 5.75 Å². The third-order valence-electron chi connectivity index (χ3n) is 6.37. The van der Waals surface area contributed by atoms with E-state index >= 15 is 0 Å². The number of rotatable bonds is 10. The van der Waals surface area contributed by atoms with Gasteiger partial charge in [0.05, 0.1) is 13.7 Å². The second-order valence-corrected chi connectivity index (χ2v) is 10.0. The number of nitrogens with one attached hydrogen (secondary N) is 1. The molecule has 0 amide bonds. The number of pyridine rings is 2. The fourth-order valence-electron chi connectivity index (χ4n) is 4.30. The number of aromatic nitrogens is 4. The first-order valence-electron chi connectivity index (χ1n) is 12.8. The van der Waals surface area contributed by atoms with Crippen molar-refractivity contribution in [3.8, 4) is 34.5 Å². The maximum Gasteiger partial charge on any atom is 0.263 e. The number of para-hydroxylation sites is 2. The highest BCUT2D eigenvalue weighted by atomic mass is 32.2. The summed E-state index contributed by atoms with van der Waals surface area (Å²) < 4.78 is 21.7.